The van der Waals surface area contributed by atoms with E-state index >= 15 is 0 Å². The predicted molar refractivity (Wildman–Crippen MR) is 66.8 cm³/mol. The second-order valence-corrected chi connectivity index (χ2v) is 5.25. The van der Waals surface area contributed by atoms with Crippen LogP contribution in [0, 0.1) is 6.92 Å². The molecule has 1 aliphatic heterocycles. The second-order valence-electron chi connectivity index (χ2n) is 4.03. The summed E-state index contributed by atoms with van der Waals surface area (Å²) in [5.74, 6) is 2.86. The van der Waals surface area contributed by atoms with Crippen LogP contribution in [0.5, 0.6) is 5.75 Å². The summed E-state index contributed by atoms with van der Waals surface area (Å²) < 4.78 is 0. The number of phenolic OH excluding ortho intramolecular Hbond substituents is 1. The fraction of sp³-hybridized carbons (Fsp3) is 0.500. The van der Waals surface area contributed by atoms with E-state index in [-0.39, 0.29) is 0 Å². The largest absolute Gasteiger partial charge is 0.508 e. The number of nitrogens with one attached hydrogen (secondary N) is 1. The summed E-state index contributed by atoms with van der Waals surface area (Å²) >= 11 is 2.04. The summed E-state index contributed by atoms with van der Waals surface area (Å²) in [4.78, 5) is 0. The van der Waals surface area contributed by atoms with Crippen LogP contribution in [0.1, 0.15) is 18.4 Å². The highest BCUT2D eigenvalue weighted by Crippen LogP contribution is 2.25. The number of thioether (sulfide) groups is 1. The molecule has 0 saturated carbocycles. The monoisotopic (exact) mass is 223 g/mol. The van der Waals surface area contributed by atoms with Crippen molar-refractivity contribution in [2.75, 3.05) is 16.8 Å². The third-order valence-electron chi connectivity index (χ3n) is 2.79. The van der Waals surface area contributed by atoms with Crippen LogP contribution in [0.4, 0.5) is 5.69 Å². The first-order valence-corrected chi connectivity index (χ1v) is 6.55. The highest BCUT2D eigenvalue weighted by Gasteiger charge is 2.13. The second kappa shape index (κ2) is 4.79. The van der Waals surface area contributed by atoms with E-state index < -0.39 is 0 Å². The molecule has 3 heteroatoms. The molecular formula is C12H17NOS. The zero-order chi connectivity index (χ0) is 10.7. The topological polar surface area (TPSA) is 32.3 Å². The summed E-state index contributed by atoms with van der Waals surface area (Å²) in [6.45, 7) is 2.03. The summed E-state index contributed by atoms with van der Waals surface area (Å²) in [5.41, 5.74) is 2.28. The average Bonchev–Trinajstić information content (AvgIpc) is 2.24. The maximum Gasteiger partial charge on any atom is 0.115 e. The Morgan fingerprint density at radius 3 is 2.73 bits per heavy atom. The molecule has 0 amide bonds. The van der Waals surface area contributed by atoms with Crippen molar-refractivity contribution in [3.05, 3.63) is 23.8 Å². The van der Waals surface area contributed by atoms with Crippen molar-refractivity contribution in [3.63, 3.8) is 0 Å². The Morgan fingerprint density at radius 2 is 2.07 bits per heavy atom. The van der Waals surface area contributed by atoms with Crippen molar-refractivity contribution in [1.29, 1.82) is 0 Å². The van der Waals surface area contributed by atoms with Gasteiger partial charge in [0.2, 0.25) is 0 Å². The van der Waals surface area contributed by atoms with E-state index in [2.05, 4.69) is 5.32 Å². The van der Waals surface area contributed by atoms with Crippen LogP contribution in [0.25, 0.3) is 0 Å². The van der Waals surface area contributed by atoms with E-state index in [0.717, 1.165) is 11.3 Å². The minimum atomic E-state index is 0.345. The molecule has 0 spiro atoms. The van der Waals surface area contributed by atoms with E-state index in [9.17, 15) is 5.11 Å². The predicted octanol–water partition coefficient (Wildman–Crippen LogP) is 3.01. The number of aryl methyl sites for hydroxylation is 1. The van der Waals surface area contributed by atoms with Gasteiger partial charge < -0.3 is 10.4 Å². The molecule has 1 aromatic rings. The molecule has 15 heavy (non-hydrogen) atoms. The van der Waals surface area contributed by atoms with Gasteiger partial charge in [-0.1, -0.05) is 0 Å². The molecular weight excluding hydrogens is 206 g/mol. The quantitative estimate of drug-likeness (QED) is 0.756. The minimum Gasteiger partial charge on any atom is -0.508 e. The van der Waals surface area contributed by atoms with Crippen molar-refractivity contribution in [2.24, 2.45) is 0 Å². The molecule has 1 aromatic carbocycles. The minimum absolute atomic E-state index is 0.345. The first-order valence-electron chi connectivity index (χ1n) is 5.39. The molecule has 2 rings (SSSR count). The van der Waals surface area contributed by atoms with Gasteiger partial charge in [0.25, 0.3) is 0 Å². The first-order chi connectivity index (χ1) is 7.25. The number of benzene rings is 1. The molecule has 0 unspecified atom stereocenters. The van der Waals surface area contributed by atoms with Crippen LogP contribution in [-0.2, 0) is 0 Å². The highest BCUT2D eigenvalue weighted by molar-refractivity contribution is 7.99. The SMILES string of the molecule is Cc1cc(O)ccc1NC1CCSCC1. The Hall–Kier alpha value is -0.830. The Labute approximate surface area is 95.1 Å². The summed E-state index contributed by atoms with van der Waals surface area (Å²) in [6.07, 6.45) is 2.48. The fourth-order valence-electron chi connectivity index (χ4n) is 1.87. The van der Waals surface area contributed by atoms with E-state index in [0.29, 0.717) is 11.8 Å². The van der Waals surface area contributed by atoms with Gasteiger partial charge >= 0.3 is 0 Å². The normalized spacial score (nSPS) is 17.7. The van der Waals surface area contributed by atoms with Gasteiger partial charge in [0.05, 0.1) is 0 Å². The highest BCUT2D eigenvalue weighted by atomic mass is 32.2. The summed E-state index contributed by atoms with van der Waals surface area (Å²) in [7, 11) is 0. The molecule has 0 bridgehead atoms. The standard InChI is InChI=1S/C12H17NOS/c1-9-8-11(14)2-3-12(9)13-10-4-6-15-7-5-10/h2-3,8,10,13-14H,4-7H2,1H3. The van der Waals surface area contributed by atoms with E-state index in [4.69, 9.17) is 0 Å². The van der Waals surface area contributed by atoms with Crippen LogP contribution >= 0.6 is 11.8 Å². The lowest BCUT2D eigenvalue weighted by molar-refractivity contribution is 0.475. The Kier molecular flexibility index (Phi) is 3.41. The molecule has 0 atom stereocenters. The van der Waals surface area contributed by atoms with Crippen LogP contribution in [-0.4, -0.2) is 22.7 Å². The van der Waals surface area contributed by atoms with Gasteiger partial charge in [-0.25, -0.2) is 0 Å². The number of anilines is 1. The van der Waals surface area contributed by atoms with Gasteiger partial charge in [-0.05, 0) is 55.0 Å². The number of aromatic hydroxyl groups is 1. The maximum atomic E-state index is 9.31. The van der Waals surface area contributed by atoms with Crippen molar-refractivity contribution >= 4 is 17.4 Å². The average molecular weight is 223 g/mol. The molecule has 1 saturated heterocycles. The number of rotatable bonds is 2. The van der Waals surface area contributed by atoms with Crippen molar-refractivity contribution in [2.45, 2.75) is 25.8 Å². The van der Waals surface area contributed by atoms with Gasteiger partial charge in [-0.2, -0.15) is 11.8 Å². The van der Waals surface area contributed by atoms with Crippen LogP contribution < -0.4 is 5.32 Å². The van der Waals surface area contributed by atoms with Gasteiger partial charge in [-0.15, -0.1) is 0 Å². The van der Waals surface area contributed by atoms with Gasteiger partial charge in [-0.3, -0.25) is 0 Å². The fourth-order valence-corrected chi connectivity index (χ4v) is 2.98. The molecule has 0 aromatic heterocycles. The summed E-state index contributed by atoms with van der Waals surface area (Å²) in [5, 5.41) is 12.9. The molecule has 0 radical (unpaired) electrons. The molecule has 0 aliphatic carbocycles. The van der Waals surface area contributed by atoms with Gasteiger partial charge in [0, 0.05) is 11.7 Å². The number of hydrogen-bond donors (Lipinski definition) is 2. The molecule has 2 nitrogen and oxygen atoms in total. The van der Waals surface area contributed by atoms with Crippen molar-refractivity contribution in [1.82, 2.24) is 0 Å². The van der Waals surface area contributed by atoms with Gasteiger partial charge in [0.15, 0.2) is 0 Å². The molecule has 82 valence electrons. The molecule has 2 N–H and O–H groups in total. The van der Waals surface area contributed by atoms with Crippen molar-refractivity contribution < 1.29 is 5.11 Å². The lowest BCUT2D eigenvalue weighted by Crippen LogP contribution is -2.24. The maximum absolute atomic E-state index is 9.31. The lowest BCUT2D eigenvalue weighted by Gasteiger charge is -2.24. The smallest absolute Gasteiger partial charge is 0.115 e. The van der Waals surface area contributed by atoms with Crippen LogP contribution in [0.3, 0.4) is 0 Å². The van der Waals surface area contributed by atoms with Crippen LogP contribution in [0.15, 0.2) is 18.2 Å². The van der Waals surface area contributed by atoms with E-state index in [1.54, 1.807) is 12.1 Å². The Balaban J connectivity index is 2.03. The Bertz CT molecular complexity index is 334. The zero-order valence-corrected chi connectivity index (χ0v) is 9.81. The zero-order valence-electron chi connectivity index (χ0n) is 8.99. The third kappa shape index (κ3) is 2.81. The third-order valence-corrected chi connectivity index (χ3v) is 3.84. The lowest BCUT2D eigenvalue weighted by atomic mass is 10.1. The molecule has 1 aliphatic rings. The number of phenols is 1. The summed E-state index contributed by atoms with van der Waals surface area (Å²) in [6, 6.07) is 6.12. The molecule has 1 fully saturated rings. The van der Waals surface area contributed by atoms with E-state index in [1.807, 2.05) is 24.8 Å². The van der Waals surface area contributed by atoms with Crippen LogP contribution in [0.2, 0.25) is 0 Å². The molecule has 1 heterocycles. The van der Waals surface area contributed by atoms with Gasteiger partial charge in [0.1, 0.15) is 5.75 Å². The van der Waals surface area contributed by atoms with E-state index in [1.165, 1.54) is 24.3 Å². The number of hydrogen-bond acceptors (Lipinski definition) is 3. The van der Waals surface area contributed by atoms with Crippen molar-refractivity contribution in [3.8, 4) is 5.75 Å². The Morgan fingerprint density at radius 1 is 1.33 bits per heavy atom. The first kappa shape index (κ1) is 10.7.